The minimum Gasteiger partial charge on any atom is -0.396 e. The van der Waals surface area contributed by atoms with Crippen molar-refractivity contribution in [3.8, 4) is 0 Å². The summed E-state index contributed by atoms with van der Waals surface area (Å²) < 4.78 is 13.9. The molecular weight excluding hydrogens is 259 g/mol. The van der Waals surface area contributed by atoms with E-state index in [9.17, 15) is 9.50 Å². The second kappa shape index (κ2) is 5.61. The minimum atomic E-state index is -0.228. The molecular formula is C12H16BrFO. The van der Waals surface area contributed by atoms with Crippen molar-refractivity contribution in [1.29, 1.82) is 0 Å². The Hall–Kier alpha value is -0.410. The van der Waals surface area contributed by atoms with E-state index >= 15 is 0 Å². The summed E-state index contributed by atoms with van der Waals surface area (Å²) in [6.45, 7) is 4.27. The van der Waals surface area contributed by atoms with Gasteiger partial charge in [0, 0.05) is 11.1 Å². The van der Waals surface area contributed by atoms with E-state index in [1.165, 1.54) is 12.1 Å². The maximum absolute atomic E-state index is 13.0. The van der Waals surface area contributed by atoms with E-state index in [0.29, 0.717) is 12.3 Å². The van der Waals surface area contributed by atoms with E-state index < -0.39 is 0 Å². The summed E-state index contributed by atoms with van der Waals surface area (Å²) in [6.07, 6.45) is 0.701. The number of rotatable bonds is 4. The van der Waals surface area contributed by atoms with Gasteiger partial charge in [-0.3, -0.25) is 0 Å². The summed E-state index contributed by atoms with van der Waals surface area (Å²) >= 11 is 3.39. The number of hydrogen-bond acceptors (Lipinski definition) is 1. The van der Waals surface area contributed by atoms with E-state index in [2.05, 4.69) is 29.8 Å². The smallest absolute Gasteiger partial charge is 0.123 e. The Kier molecular flexibility index (Phi) is 4.74. The van der Waals surface area contributed by atoms with Crippen LogP contribution in [0.2, 0.25) is 0 Å². The molecule has 0 fully saturated rings. The average Bonchev–Trinajstić information content (AvgIpc) is 2.18. The second-order valence-electron chi connectivity index (χ2n) is 4.13. The molecule has 84 valence electrons. The lowest BCUT2D eigenvalue weighted by Crippen LogP contribution is -2.16. The van der Waals surface area contributed by atoms with Gasteiger partial charge in [0.05, 0.1) is 0 Å². The zero-order chi connectivity index (χ0) is 11.4. The van der Waals surface area contributed by atoms with Crippen molar-refractivity contribution in [1.82, 2.24) is 0 Å². The lowest BCUT2D eigenvalue weighted by molar-refractivity contribution is 0.189. The molecule has 0 aromatic heterocycles. The number of aliphatic hydroxyl groups is 1. The van der Waals surface area contributed by atoms with Gasteiger partial charge in [-0.05, 0) is 42.0 Å². The van der Waals surface area contributed by atoms with Gasteiger partial charge in [-0.15, -0.1) is 0 Å². The van der Waals surface area contributed by atoms with Crippen molar-refractivity contribution >= 4 is 15.9 Å². The summed E-state index contributed by atoms with van der Waals surface area (Å²) in [5.41, 5.74) is 0.919. The number of aliphatic hydroxyl groups excluding tert-OH is 1. The fourth-order valence-corrected chi connectivity index (χ4v) is 1.90. The van der Waals surface area contributed by atoms with Gasteiger partial charge in [0.1, 0.15) is 5.82 Å². The first-order chi connectivity index (χ1) is 7.04. The van der Waals surface area contributed by atoms with Crippen LogP contribution in [0.15, 0.2) is 22.7 Å². The van der Waals surface area contributed by atoms with Gasteiger partial charge in [0.15, 0.2) is 0 Å². The topological polar surface area (TPSA) is 20.2 Å². The van der Waals surface area contributed by atoms with Crippen LogP contribution in [-0.2, 0) is 6.42 Å². The summed E-state index contributed by atoms with van der Waals surface area (Å²) in [5.74, 6) is 0.349. The Balaban J connectivity index is 2.82. The van der Waals surface area contributed by atoms with Crippen LogP contribution in [0.5, 0.6) is 0 Å². The molecule has 0 amide bonds. The Bertz CT molecular complexity index is 325. The zero-order valence-electron chi connectivity index (χ0n) is 9.00. The van der Waals surface area contributed by atoms with Crippen LogP contribution >= 0.6 is 15.9 Å². The first-order valence-electron chi connectivity index (χ1n) is 5.09. The molecule has 0 aliphatic heterocycles. The Morgan fingerprint density at radius 3 is 2.60 bits per heavy atom. The molecule has 1 rings (SSSR count). The van der Waals surface area contributed by atoms with Gasteiger partial charge in [-0.1, -0.05) is 29.8 Å². The highest BCUT2D eigenvalue weighted by Crippen LogP contribution is 2.23. The first kappa shape index (κ1) is 12.7. The highest BCUT2D eigenvalue weighted by Gasteiger charge is 2.14. The van der Waals surface area contributed by atoms with Crippen LogP contribution in [0.25, 0.3) is 0 Å². The number of benzene rings is 1. The average molecular weight is 275 g/mol. The summed E-state index contributed by atoms with van der Waals surface area (Å²) in [4.78, 5) is 0. The van der Waals surface area contributed by atoms with Crippen LogP contribution < -0.4 is 0 Å². The summed E-state index contributed by atoms with van der Waals surface area (Å²) in [7, 11) is 0. The third kappa shape index (κ3) is 3.58. The molecule has 1 N–H and O–H groups in total. The van der Waals surface area contributed by atoms with Gasteiger partial charge >= 0.3 is 0 Å². The van der Waals surface area contributed by atoms with Crippen LogP contribution in [0.3, 0.4) is 0 Å². The van der Waals surface area contributed by atoms with E-state index in [-0.39, 0.29) is 18.3 Å². The SMILES string of the molecule is CC(C)C(CO)Cc1cc(F)ccc1Br. The maximum Gasteiger partial charge on any atom is 0.123 e. The number of halogens is 2. The highest BCUT2D eigenvalue weighted by molar-refractivity contribution is 9.10. The van der Waals surface area contributed by atoms with Crippen molar-refractivity contribution in [3.63, 3.8) is 0 Å². The van der Waals surface area contributed by atoms with Gasteiger partial charge in [0.2, 0.25) is 0 Å². The van der Waals surface area contributed by atoms with Crippen molar-refractivity contribution in [3.05, 3.63) is 34.1 Å². The zero-order valence-corrected chi connectivity index (χ0v) is 10.6. The van der Waals surface area contributed by atoms with Crippen molar-refractivity contribution in [2.75, 3.05) is 6.61 Å². The molecule has 3 heteroatoms. The van der Waals surface area contributed by atoms with Gasteiger partial charge in [-0.2, -0.15) is 0 Å². The van der Waals surface area contributed by atoms with Crippen molar-refractivity contribution in [2.45, 2.75) is 20.3 Å². The quantitative estimate of drug-likeness (QED) is 0.893. The fraction of sp³-hybridized carbons (Fsp3) is 0.500. The Labute approximate surface area is 98.4 Å². The highest BCUT2D eigenvalue weighted by atomic mass is 79.9. The van der Waals surface area contributed by atoms with E-state index in [4.69, 9.17) is 0 Å². The van der Waals surface area contributed by atoms with Gasteiger partial charge in [-0.25, -0.2) is 4.39 Å². The molecule has 1 atom stereocenters. The molecule has 0 bridgehead atoms. The molecule has 0 aliphatic carbocycles. The minimum absolute atomic E-state index is 0.140. The van der Waals surface area contributed by atoms with Crippen molar-refractivity contribution < 1.29 is 9.50 Å². The molecule has 1 aromatic carbocycles. The molecule has 1 nitrogen and oxygen atoms in total. The van der Waals surface area contributed by atoms with Crippen LogP contribution in [-0.4, -0.2) is 11.7 Å². The van der Waals surface area contributed by atoms with E-state index in [0.717, 1.165) is 10.0 Å². The fourth-order valence-electron chi connectivity index (χ4n) is 1.49. The predicted molar refractivity (Wildman–Crippen MR) is 63.2 cm³/mol. The molecule has 1 unspecified atom stereocenters. The van der Waals surface area contributed by atoms with Crippen LogP contribution in [0.1, 0.15) is 19.4 Å². The standard InChI is InChI=1S/C12H16BrFO/c1-8(2)10(7-15)5-9-6-11(14)3-4-12(9)13/h3-4,6,8,10,15H,5,7H2,1-2H3. The third-order valence-corrected chi connectivity index (χ3v) is 3.44. The Morgan fingerprint density at radius 1 is 1.40 bits per heavy atom. The molecule has 15 heavy (non-hydrogen) atoms. The molecule has 0 saturated heterocycles. The molecule has 1 aromatic rings. The van der Waals surface area contributed by atoms with E-state index in [1.807, 2.05) is 0 Å². The third-order valence-electron chi connectivity index (χ3n) is 2.67. The normalized spacial score (nSPS) is 13.2. The van der Waals surface area contributed by atoms with Crippen LogP contribution in [0, 0.1) is 17.7 Å². The Morgan fingerprint density at radius 2 is 2.07 bits per heavy atom. The maximum atomic E-state index is 13.0. The van der Waals surface area contributed by atoms with Gasteiger partial charge < -0.3 is 5.11 Å². The predicted octanol–water partition coefficient (Wildman–Crippen LogP) is 3.40. The van der Waals surface area contributed by atoms with Crippen LogP contribution in [0.4, 0.5) is 4.39 Å². The van der Waals surface area contributed by atoms with E-state index in [1.54, 1.807) is 6.07 Å². The lowest BCUT2D eigenvalue weighted by atomic mass is 9.90. The lowest BCUT2D eigenvalue weighted by Gasteiger charge is -2.18. The first-order valence-corrected chi connectivity index (χ1v) is 5.88. The monoisotopic (exact) mass is 274 g/mol. The molecule has 0 saturated carbocycles. The molecule has 0 aliphatic rings. The molecule has 0 radical (unpaired) electrons. The second-order valence-corrected chi connectivity index (χ2v) is 4.98. The molecule has 0 heterocycles. The van der Waals surface area contributed by atoms with Crippen molar-refractivity contribution in [2.24, 2.45) is 11.8 Å². The number of hydrogen-bond donors (Lipinski definition) is 1. The largest absolute Gasteiger partial charge is 0.396 e. The molecule has 0 spiro atoms. The summed E-state index contributed by atoms with van der Waals surface area (Å²) in [6, 6.07) is 4.66. The summed E-state index contributed by atoms with van der Waals surface area (Å²) in [5, 5.41) is 9.21. The van der Waals surface area contributed by atoms with Gasteiger partial charge in [0.25, 0.3) is 0 Å².